The van der Waals surface area contributed by atoms with Gasteiger partial charge in [0.1, 0.15) is 5.82 Å². The van der Waals surface area contributed by atoms with E-state index in [2.05, 4.69) is 41.0 Å². The van der Waals surface area contributed by atoms with Crippen LogP contribution in [-0.4, -0.2) is 18.3 Å². The van der Waals surface area contributed by atoms with Crippen LogP contribution in [0, 0.1) is 18.2 Å². The van der Waals surface area contributed by atoms with Crippen LogP contribution in [0.2, 0.25) is 0 Å². The summed E-state index contributed by atoms with van der Waals surface area (Å²) in [6.07, 6.45) is 4.60. The van der Waals surface area contributed by atoms with Gasteiger partial charge in [-0.15, -0.1) is 0 Å². The predicted molar refractivity (Wildman–Crippen MR) is 122 cm³/mol. The van der Waals surface area contributed by atoms with Gasteiger partial charge in [0.15, 0.2) is 0 Å². The summed E-state index contributed by atoms with van der Waals surface area (Å²) in [6, 6.07) is 19.3. The van der Waals surface area contributed by atoms with Gasteiger partial charge in [0.05, 0.1) is 16.9 Å². The van der Waals surface area contributed by atoms with E-state index in [-0.39, 0.29) is 11.4 Å². The molecule has 5 heteroatoms. The molecule has 1 aliphatic carbocycles. The molecule has 5 rings (SSSR count). The van der Waals surface area contributed by atoms with Gasteiger partial charge in [-0.1, -0.05) is 17.7 Å². The van der Waals surface area contributed by atoms with Crippen molar-refractivity contribution in [2.45, 2.75) is 31.7 Å². The number of benzene rings is 3. The molecule has 3 aromatic carbocycles. The fourth-order valence-electron chi connectivity index (χ4n) is 4.76. The molecule has 0 saturated heterocycles. The second kappa shape index (κ2) is 6.87. The first-order valence-corrected chi connectivity index (χ1v) is 10.3. The Balaban J connectivity index is 1.74. The van der Waals surface area contributed by atoms with Crippen molar-refractivity contribution >= 4 is 34.7 Å². The summed E-state index contributed by atoms with van der Waals surface area (Å²) in [5, 5.41) is 7.81. The van der Waals surface area contributed by atoms with Gasteiger partial charge >= 0.3 is 0 Å². The van der Waals surface area contributed by atoms with E-state index < -0.39 is 0 Å². The van der Waals surface area contributed by atoms with Gasteiger partial charge in [-0.05, 0) is 74.7 Å². The van der Waals surface area contributed by atoms with E-state index in [4.69, 9.17) is 11.1 Å². The maximum atomic E-state index is 13.7. The first-order valence-electron chi connectivity index (χ1n) is 10.3. The molecule has 3 N–H and O–H groups in total. The Morgan fingerprint density at radius 1 is 0.967 bits per heavy atom. The smallest absolute Gasteiger partial charge is 0.123 e. The van der Waals surface area contributed by atoms with E-state index in [1.807, 2.05) is 24.3 Å². The Labute approximate surface area is 176 Å². The molecule has 4 nitrogen and oxygen atoms in total. The molecule has 2 aliphatic rings. The number of halogens is 1. The summed E-state index contributed by atoms with van der Waals surface area (Å²) < 4.78 is 13.7. The molecule has 152 valence electrons. The predicted octanol–water partition coefficient (Wildman–Crippen LogP) is 5.93. The fourth-order valence-corrected chi connectivity index (χ4v) is 4.76. The maximum absolute atomic E-state index is 13.7. The van der Waals surface area contributed by atoms with Crippen molar-refractivity contribution in [2.75, 3.05) is 22.1 Å². The first kappa shape index (κ1) is 18.7. The van der Waals surface area contributed by atoms with Gasteiger partial charge in [0.2, 0.25) is 0 Å². The minimum absolute atomic E-state index is 0.0644. The molecule has 0 unspecified atom stereocenters. The highest BCUT2D eigenvalue weighted by Gasteiger charge is 2.49. The molecular formula is C25H25FN4. The van der Waals surface area contributed by atoms with Crippen LogP contribution in [-0.2, 0) is 0 Å². The molecule has 0 amide bonds. The number of fused-ring (bicyclic) bond motifs is 1. The minimum Gasteiger partial charge on any atom is -0.398 e. The monoisotopic (exact) mass is 400 g/mol. The van der Waals surface area contributed by atoms with Gasteiger partial charge in [0, 0.05) is 35.4 Å². The third-order valence-electron chi connectivity index (χ3n) is 6.51. The normalized spacial score (nSPS) is 16.9. The Morgan fingerprint density at radius 3 is 2.23 bits per heavy atom. The number of hydrogen-bond donors (Lipinski definition) is 2. The Hall–Kier alpha value is -3.34. The van der Waals surface area contributed by atoms with Crippen LogP contribution in [0.15, 0.2) is 60.7 Å². The van der Waals surface area contributed by atoms with E-state index in [9.17, 15) is 4.39 Å². The lowest BCUT2D eigenvalue weighted by Crippen LogP contribution is -2.60. The summed E-state index contributed by atoms with van der Waals surface area (Å²) in [6.45, 7) is 2.93. The van der Waals surface area contributed by atoms with E-state index >= 15 is 0 Å². The van der Waals surface area contributed by atoms with Gasteiger partial charge in [-0.25, -0.2) is 4.39 Å². The second-order valence-corrected chi connectivity index (χ2v) is 8.43. The van der Waals surface area contributed by atoms with E-state index in [0.717, 1.165) is 42.1 Å². The Bertz CT molecular complexity index is 1100. The lowest BCUT2D eigenvalue weighted by molar-refractivity contribution is 0.249. The van der Waals surface area contributed by atoms with Crippen molar-refractivity contribution < 1.29 is 4.39 Å². The molecule has 1 spiro atoms. The van der Waals surface area contributed by atoms with Crippen molar-refractivity contribution in [2.24, 2.45) is 0 Å². The first-order chi connectivity index (χ1) is 14.5. The van der Waals surface area contributed by atoms with Crippen LogP contribution in [0.25, 0.3) is 0 Å². The second-order valence-electron chi connectivity index (χ2n) is 8.43. The summed E-state index contributed by atoms with van der Waals surface area (Å²) in [7, 11) is 0. The lowest BCUT2D eigenvalue weighted by Gasteiger charge is -2.57. The van der Waals surface area contributed by atoms with Gasteiger partial charge in [-0.2, -0.15) is 0 Å². The molecule has 0 atom stereocenters. The standard InChI is InChI=1S/C25H25FN4/c1-17-3-7-20(8-4-17)29-16-25(11-2-12-25)30(21-9-5-19(26)6-10-21)24-13-18(15-27)22(28)14-23(24)29/h3-10,13-15,27H,2,11-12,16,28H2,1H3. The molecule has 1 fully saturated rings. The molecule has 30 heavy (non-hydrogen) atoms. The number of nitrogens with one attached hydrogen (secondary N) is 1. The molecule has 0 bridgehead atoms. The number of nitrogen functional groups attached to an aromatic ring is 1. The summed E-state index contributed by atoms with van der Waals surface area (Å²) in [4.78, 5) is 4.69. The van der Waals surface area contributed by atoms with Crippen LogP contribution in [0.1, 0.15) is 30.4 Å². The number of nitrogens with two attached hydrogens (primary N) is 1. The summed E-state index contributed by atoms with van der Waals surface area (Å²) in [5.74, 6) is -0.239. The maximum Gasteiger partial charge on any atom is 0.123 e. The highest BCUT2D eigenvalue weighted by Crippen LogP contribution is 2.54. The number of anilines is 5. The van der Waals surface area contributed by atoms with Gasteiger partial charge in [-0.3, -0.25) is 0 Å². The Morgan fingerprint density at radius 2 is 1.63 bits per heavy atom. The lowest BCUT2D eigenvalue weighted by atomic mass is 9.72. The van der Waals surface area contributed by atoms with Crippen LogP contribution in [0.5, 0.6) is 0 Å². The average molecular weight is 401 g/mol. The molecule has 1 aliphatic heterocycles. The number of rotatable bonds is 3. The van der Waals surface area contributed by atoms with Crippen molar-refractivity contribution in [1.29, 1.82) is 5.41 Å². The van der Waals surface area contributed by atoms with Crippen molar-refractivity contribution in [3.05, 3.63) is 77.6 Å². The molecular weight excluding hydrogens is 375 g/mol. The molecule has 1 heterocycles. The van der Waals surface area contributed by atoms with E-state index in [1.54, 1.807) is 0 Å². The zero-order valence-corrected chi connectivity index (χ0v) is 17.0. The van der Waals surface area contributed by atoms with Crippen molar-refractivity contribution in [3.8, 4) is 0 Å². The number of nitrogens with zero attached hydrogens (tertiary/aromatic N) is 2. The number of hydrogen-bond acceptors (Lipinski definition) is 4. The van der Waals surface area contributed by atoms with Gasteiger partial charge in [0.25, 0.3) is 0 Å². The highest BCUT2D eigenvalue weighted by atomic mass is 19.1. The zero-order chi connectivity index (χ0) is 20.9. The van der Waals surface area contributed by atoms with Crippen LogP contribution in [0.4, 0.5) is 32.8 Å². The summed E-state index contributed by atoms with van der Waals surface area (Å²) in [5.41, 5.74) is 12.9. The minimum atomic E-state index is -0.239. The van der Waals surface area contributed by atoms with E-state index in [1.165, 1.54) is 30.3 Å². The number of aryl methyl sites for hydroxylation is 1. The van der Waals surface area contributed by atoms with Crippen LogP contribution in [0.3, 0.4) is 0 Å². The molecule has 1 saturated carbocycles. The third kappa shape index (κ3) is 2.84. The molecule has 0 radical (unpaired) electrons. The van der Waals surface area contributed by atoms with E-state index in [0.29, 0.717) is 11.3 Å². The van der Waals surface area contributed by atoms with Crippen LogP contribution < -0.4 is 15.5 Å². The zero-order valence-electron chi connectivity index (χ0n) is 17.0. The topological polar surface area (TPSA) is 56.4 Å². The van der Waals surface area contributed by atoms with Crippen LogP contribution >= 0.6 is 0 Å². The van der Waals surface area contributed by atoms with Gasteiger partial charge < -0.3 is 20.9 Å². The quantitative estimate of drug-likeness (QED) is 0.423. The molecule has 3 aromatic rings. The fraction of sp³-hybridized carbons (Fsp3) is 0.240. The summed E-state index contributed by atoms with van der Waals surface area (Å²) >= 11 is 0. The largest absolute Gasteiger partial charge is 0.398 e. The Kier molecular flexibility index (Phi) is 4.28. The molecule has 0 aromatic heterocycles. The SMILES string of the molecule is Cc1ccc(N2CC3(CCC3)N(c3ccc(F)cc3)c3cc(C=N)c(N)cc32)cc1. The average Bonchev–Trinajstić information content (AvgIpc) is 2.72. The van der Waals surface area contributed by atoms with Crippen molar-refractivity contribution in [1.82, 2.24) is 0 Å². The highest BCUT2D eigenvalue weighted by molar-refractivity contribution is 5.95. The van der Waals surface area contributed by atoms with Crippen molar-refractivity contribution in [3.63, 3.8) is 0 Å². The third-order valence-corrected chi connectivity index (χ3v) is 6.51.